The lowest BCUT2D eigenvalue weighted by Gasteiger charge is -2.16. The molecule has 0 aliphatic rings. The number of nitrogens with one attached hydrogen (secondary N) is 1. The van der Waals surface area contributed by atoms with Gasteiger partial charge in [0.1, 0.15) is 0 Å². The van der Waals surface area contributed by atoms with Crippen molar-refractivity contribution < 1.29 is 24.2 Å². The van der Waals surface area contributed by atoms with Crippen LogP contribution in [-0.4, -0.2) is 43.0 Å². The number of hydrogen-bond donors (Lipinski definition) is 2. The fourth-order valence-corrected chi connectivity index (χ4v) is 1.09. The second-order valence-electron chi connectivity index (χ2n) is 3.47. The van der Waals surface area contributed by atoms with Crippen LogP contribution >= 0.6 is 0 Å². The van der Waals surface area contributed by atoms with Crippen molar-refractivity contribution in [3.8, 4) is 0 Å². The predicted molar refractivity (Wildman–Crippen MR) is 61.8 cm³/mol. The lowest BCUT2D eigenvalue weighted by Crippen LogP contribution is -2.33. The Morgan fingerprint density at radius 2 is 2.12 bits per heavy atom. The number of carboxylic acid groups (broad SMARTS) is 1. The van der Waals surface area contributed by atoms with Crippen molar-refractivity contribution in [2.24, 2.45) is 0 Å². The highest BCUT2D eigenvalue weighted by atomic mass is 16.5. The van der Waals surface area contributed by atoms with Crippen LogP contribution in [0.3, 0.4) is 0 Å². The van der Waals surface area contributed by atoms with Crippen LogP contribution in [0.25, 0.3) is 0 Å². The van der Waals surface area contributed by atoms with Crippen LogP contribution < -0.4 is 5.32 Å². The minimum absolute atomic E-state index is 0.174. The van der Waals surface area contributed by atoms with E-state index in [1.807, 2.05) is 6.92 Å². The van der Waals surface area contributed by atoms with Gasteiger partial charge in [-0.25, -0.2) is 9.59 Å². The first-order chi connectivity index (χ1) is 7.97. The average Bonchev–Trinajstić information content (AvgIpc) is 2.25. The molecular weight excluding hydrogens is 226 g/mol. The number of rotatable bonds is 8. The summed E-state index contributed by atoms with van der Waals surface area (Å²) in [5.74, 6) is -0.452. The first-order valence-corrected chi connectivity index (χ1v) is 5.38. The Hall–Kier alpha value is -1.56. The fourth-order valence-electron chi connectivity index (χ4n) is 1.09. The third kappa shape index (κ3) is 8.27. The maximum absolute atomic E-state index is 11.1. The van der Waals surface area contributed by atoms with E-state index in [2.05, 4.69) is 11.9 Å². The quantitative estimate of drug-likeness (QED) is 0.495. The standard InChI is InChI=1S/C11H19NO5/c1-4-16-9(7-12-11(14)15)5-6-17-10(13)8(2)3/h9,12H,2,4-7H2,1,3H3,(H,14,15). The van der Waals surface area contributed by atoms with Crippen LogP contribution in [0, 0.1) is 0 Å². The number of carbonyl (C=O) groups excluding carboxylic acids is 1. The zero-order valence-corrected chi connectivity index (χ0v) is 10.2. The molecule has 0 saturated heterocycles. The van der Waals surface area contributed by atoms with E-state index in [4.69, 9.17) is 14.6 Å². The summed E-state index contributed by atoms with van der Waals surface area (Å²) in [6.07, 6.45) is -0.963. The lowest BCUT2D eigenvalue weighted by molar-refractivity contribution is -0.139. The van der Waals surface area contributed by atoms with Crippen LogP contribution in [0.5, 0.6) is 0 Å². The van der Waals surface area contributed by atoms with Gasteiger partial charge in [0.2, 0.25) is 0 Å². The largest absolute Gasteiger partial charge is 0.465 e. The third-order valence-electron chi connectivity index (χ3n) is 1.90. The van der Waals surface area contributed by atoms with Gasteiger partial charge in [-0.3, -0.25) is 0 Å². The van der Waals surface area contributed by atoms with Crippen LogP contribution in [-0.2, 0) is 14.3 Å². The molecule has 6 nitrogen and oxygen atoms in total. The van der Waals surface area contributed by atoms with E-state index in [1.165, 1.54) is 0 Å². The van der Waals surface area contributed by atoms with E-state index in [0.29, 0.717) is 18.6 Å². The molecule has 0 aliphatic heterocycles. The van der Waals surface area contributed by atoms with Gasteiger partial charge >= 0.3 is 12.1 Å². The summed E-state index contributed by atoms with van der Waals surface area (Å²) in [7, 11) is 0. The summed E-state index contributed by atoms with van der Waals surface area (Å²) >= 11 is 0. The van der Waals surface area contributed by atoms with Gasteiger partial charge < -0.3 is 19.9 Å². The second kappa shape index (κ2) is 8.58. The van der Waals surface area contributed by atoms with Gasteiger partial charge in [-0.1, -0.05) is 6.58 Å². The highest BCUT2D eigenvalue weighted by Crippen LogP contribution is 2.00. The van der Waals surface area contributed by atoms with E-state index >= 15 is 0 Å². The molecule has 1 unspecified atom stereocenters. The monoisotopic (exact) mass is 245 g/mol. The van der Waals surface area contributed by atoms with E-state index < -0.39 is 12.1 Å². The number of esters is 1. The lowest BCUT2D eigenvalue weighted by atomic mass is 10.2. The Bertz CT molecular complexity index is 277. The summed E-state index contributed by atoms with van der Waals surface area (Å²) in [5.41, 5.74) is 0.335. The molecule has 2 N–H and O–H groups in total. The highest BCUT2D eigenvalue weighted by molar-refractivity contribution is 5.86. The topological polar surface area (TPSA) is 84.9 Å². The zero-order valence-electron chi connectivity index (χ0n) is 10.2. The summed E-state index contributed by atoms with van der Waals surface area (Å²) < 4.78 is 10.2. The van der Waals surface area contributed by atoms with Crippen molar-refractivity contribution in [2.45, 2.75) is 26.4 Å². The van der Waals surface area contributed by atoms with Crippen LogP contribution in [0.4, 0.5) is 4.79 Å². The van der Waals surface area contributed by atoms with Crippen molar-refractivity contribution in [3.63, 3.8) is 0 Å². The molecule has 0 radical (unpaired) electrons. The minimum Gasteiger partial charge on any atom is -0.465 e. The number of amides is 1. The van der Waals surface area contributed by atoms with Crippen LogP contribution in [0.15, 0.2) is 12.2 Å². The smallest absolute Gasteiger partial charge is 0.404 e. The molecule has 17 heavy (non-hydrogen) atoms. The molecule has 98 valence electrons. The van der Waals surface area contributed by atoms with Crippen molar-refractivity contribution in [2.75, 3.05) is 19.8 Å². The van der Waals surface area contributed by atoms with E-state index in [1.54, 1.807) is 6.92 Å². The highest BCUT2D eigenvalue weighted by Gasteiger charge is 2.11. The fraction of sp³-hybridized carbons (Fsp3) is 0.636. The molecule has 0 aliphatic carbocycles. The third-order valence-corrected chi connectivity index (χ3v) is 1.90. The molecule has 0 bridgehead atoms. The maximum atomic E-state index is 11.1. The number of carbonyl (C=O) groups is 2. The molecule has 6 heteroatoms. The summed E-state index contributed by atoms with van der Waals surface area (Å²) in [4.78, 5) is 21.4. The van der Waals surface area contributed by atoms with Gasteiger partial charge in [0.15, 0.2) is 0 Å². The predicted octanol–water partition coefficient (Wildman–Crippen LogP) is 1.17. The minimum atomic E-state index is -1.10. The van der Waals surface area contributed by atoms with Gasteiger partial charge in [-0.15, -0.1) is 0 Å². The maximum Gasteiger partial charge on any atom is 0.404 e. The molecule has 0 saturated carbocycles. The Labute approximate surface area is 101 Å². The van der Waals surface area contributed by atoms with Crippen molar-refractivity contribution in [3.05, 3.63) is 12.2 Å². The van der Waals surface area contributed by atoms with Gasteiger partial charge in [0.25, 0.3) is 0 Å². The van der Waals surface area contributed by atoms with Gasteiger partial charge in [0, 0.05) is 25.1 Å². The summed E-state index contributed by atoms with van der Waals surface area (Å²) in [6.45, 7) is 7.66. The first kappa shape index (κ1) is 15.4. The molecule has 0 rings (SSSR count). The molecule has 0 aromatic heterocycles. The summed E-state index contributed by atoms with van der Waals surface area (Å²) in [6, 6.07) is 0. The Balaban J connectivity index is 3.87. The molecule has 0 aromatic rings. The average molecular weight is 245 g/mol. The van der Waals surface area contributed by atoms with Gasteiger partial charge in [-0.05, 0) is 13.8 Å². The zero-order chi connectivity index (χ0) is 13.3. The number of hydrogen-bond acceptors (Lipinski definition) is 4. The van der Waals surface area contributed by atoms with Gasteiger partial charge in [0.05, 0.1) is 12.7 Å². The van der Waals surface area contributed by atoms with Crippen LogP contribution in [0.1, 0.15) is 20.3 Å². The Morgan fingerprint density at radius 3 is 2.59 bits per heavy atom. The SMILES string of the molecule is C=C(C)C(=O)OCCC(CNC(=O)O)OCC. The molecule has 0 fully saturated rings. The van der Waals surface area contributed by atoms with Crippen molar-refractivity contribution >= 4 is 12.1 Å². The molecule has 1 amide bonds. The van der Waals surface area contributed by atoms with E-state index in [9.17, 15) is 9.59 Å². The van der Waals surface area contributed by atoms with Gasteiger partial charge in [-0.2, -0.15) is 0 Å². The Morgan fingerprint density at radius 1 is 1.47 bits per heavy atom. The number of ether oxygens (including phenoxy) is 2. The van der Waals surface area contributed by atoms with E-state index in [-0.39, 0.29) is 19.3 Å². The van der Waals surface area contributed by atoms with Crippen LogP contribution in [0.2, 0.25) is 0 Å². The molecule has 1 atom stereocenters. The molecule has 0 heterocycles. The molecular formula is C11H19NO5. The first-order valence-electron chi connectivity index (χ1n) is 5.38. The molecule has 0 aromatic carbocycles. The normalized spacial score (nSPS) is 11.6. The van der Waals surface area contributed by atoms with E-state index in [0.717, 1.165) is 0 Å². The molecule has 0 spiro atoms. The van der Waals surface area contributed by atoms with Crippen molar-refractivity contribution in [1.82, 2.24) is 5.32 Å². The second-order valence-corrected chi connectivity index (χ2v) is 3.47. The summed E-state index contributed by atoms with van der Waals surface area (Å²) in [5, 5.41) is 10.7. The van der Waals surface area contributed by atoms with Crippen molar-refractivity contribution in [1.29, 1.82) is 0 Å². The Kier molecular flexibility index (Phi) is 7.79.